The van der Waals surface area contributed by atoms with E-state index < -0.39 is 29.8 Å². The van der Waals surface area contributed by atoms with Crippen LogP contribution in [0.5, 0.6) is 0 Å². The van der Waals surface area contributed by atoms with Crippen molar-refractivity contribution in [3.8, 4) is 0 Å². The molecule has 0 saturated carbocycles. The highest BCUT2D eigenvalue weighted by molar-refractivity contribution is 7.22. The van der Waals surface area contributed by atoms with Crippen LogP contribution in [0.15, 0.2) is 73.1 Å². The van der Waals surface area contributed by atoms with Gasteiger partial charge in [0.15, 0.2) is 0 Å². The number of hydrogen-bond acceptors (Lipinski definition) is 10. The summed E-state index contributed by atoms with van der Waals surface area (Å²) in [7, 11) is 0. The van der Waals surface area contributed by atoms with Crippen LogP contribution in [0.4, 0.5) is 5.00 Å². The number of nitrogens with zero attached hydrogens (tertiary/aromatic N) is 2. The average molecular weight is 509 g/mol. The SMILES string of the molecule is NC[C@H](c1ccc(C(=O)OCc2ccccc2)cc1CO[N+](=O)[O-])[C@H](O)Nc1cc2ccncc2s1. The number of aliphatic hydroxyl groups excluding tert-OH is 1. The smallest absolute Gasteiger partial charge is 0.338 e. The van der Waals surface area contributed by atoms with Gasteiger partial charge >= 0.3 is 5.97 Å². The summed E-state index contributed by atoms with van der Waals surface area (Å²) in [6, 6.07) is 17.6. The van der Waals surface area contributed by atoms with Crippen molar-refractivity contribution >= 4 is 32.4 Å². The van der Waals surface area contributed by atoms with Gasteiger partial charge in [0, 0.05) is 24.9 Å². The minimum absolute atomic E-state index is 0.0316. The van der Waals surface area contributed by atoms with Gasteiger partial charge in [-0.2, -0.15) is 0 Å². The number of hydrogen-bond donors (Lipinski definition) is 3. The molecule has 0 amide bonds. The third-order valence-corrected chi connectivity index (χ3v) is 6.58. The van der Waals surface area contributed by atoms with E-state index in [1.165, 1.54) is 17.4 Å². The van der Waals surface area contributed by atoms with Crippen LogP contribution in [0.2, 0.25) is 0 Å². The van der Waals surface area contributed by atoms with Crippen molar-refractivity contribution in [2.75, 3.05) is 11.9 Å². The molecule has 0 bridgehead atoms. The molecule has 2 aromatic heterocycles. The fraction of sp³-hybridized carbons (Fsp3) is 0.200. The Kier molecular flexibility index (Phi) is 8.06. The average Bonchev–Trinajstić information content (AvgIpc) is 3.29. The van der Waals surface area contributed by atoms with E-state index in [0.29, 0.717) is 16.1 Å². The summed E-state index contributed by atoms with van der Waals surface area (Å²) in [5.74, 6) is -1.23. The van der Waals surface area contributed by atoms with Crippen LogP contribution in [0.3, 0.4) is 0 Å². The topological polar surface area (TPSA) is 150 Å². The molecule has 2 heterocycles. The number of pyridine rings is 1. The predicted molar refractivity (Wildman–Crippen MR) is 135 cm³/mol. The molecule has 4 rings (SSSR count). The monoisotopic (exact) mass is 508 g/mol. The van der Waals surface area contributed by atoms with Crippen molar-refractivity contribution in [3.05, 3.63) is 105 Å². The number of carbonyl (C=O) groups is 1. The Bertz CT molecular complexity index is 1310. The molecule has 2 atom stereocenters. The van der Waals surface area contributed by atoms with Gasteiger partial charge in [0.05, 0.1) is 15.3 Å². The summed E-state index contributed by atoms with van der Waals surface area (Å²) in [4.78, 5) is 32.2. The number of aliphatic hydroxyl groups is 1. The third kappa shape index (κ3) is 6.13. The first-order valence-electron chi connectivity index (χ1n) is 11.0. The number of fused-ring (bicyclic) bond motifs is 1. The van der Waals surface area contributed by atoms with E-state index in [0.717, 1.165) is 15.6 Å². The molecule has 4 N–H and O–H groups in total. The van der Waals surface area contributed by atoms with Crippen molar-refractivity contribution in [3.63, 3.8) is 0 Å². The number of nitrogens with one attached hydrogen (secondary N) is 1. The number of anilines is 1. The standard InChI is InChI=1S/C25H24N4O6S/c26-12-21(24(30)28-23-11-17-8-9-27-13-22(17)36-23)20-7-6-18(10-19(20)15-35-29(32)33)25(31)34-14-16-4-2-1-3-5-16/h1-11,13,21,24,28,30H,12,14-15,26H2/t21-,24+/m1/s1. The van der Waals surface area contributed by atoms with Crippen LogP contribution < -0.4 is 11.1 Å². The van der Waals surface area contributed by atoms with E-state index in [1.54, 1.807) is 24.5 Å². The molecular weight excluding hydrogens is 484 g/mol. The van der Waals surface area contributed by atoms with Gasteiger partial charge in [-0.15, -0.1) is 21.5 Å². The maximum Gasteiger partial charge on any atom is 0.338 e. The summed E-state index contributed by atoms with van der Waals surface area (Å²) in [5.41, 5.74) is 7.89. The Morgan fingerprint density at radius 3 is 2.69 bits per heavy atom. The lowest BCUT2D eigenvalue weighted by Crippen LogP contribution is -2.32. The highest BCUT2D eigenvalue weighted by Crippen LogP contribution is 2.32. The molecule has 186 valence electrons. The fourth-order valence-electron chi connectivity index (χ4n) is 3.78. The fourth-order valence-corrected chi connectivity index (χ4v) is 4.74. The van der Waals surface area contributed by atoms with Crippen molar-refractivity contribution < 1.29 is 24.6 Å². The van der Waals surface area contributed by atoms with Gasteiger partial charge in [-0.3, -0.25) is 4.98 Å². The Morgan fingerprint density at radius 2 is 1.97 bits per heavy atom. The molecule has 36 heavy (non-hydrogen) atoms. The third-order valence-electron chi connectivity index (χ3n) is 5.56. The molecule has 0 aliphatic heterocycles. The minimum Gasteiger partial charge on any atom is -0.457 e. The molecule has 0 radical (unpaired) electrons. The summed E-state index contributed by atoms with van der Waals surface area (Å²) in [6.45, 7) is -0.301. The molecule has 0 aliphatic carbocycles. The molecule has 10 nitrogen and oxygen atoms in total. The number of ether oxygens (including phenoxy) is 1. The van der Waals surface area contributed by atoms with Gasteiger partial charge in [-0.25, -0.2) is 4.79 Å². The van der Waals surface area contributed by atoms with Crippen molar-refractivity contribution in [1.29, 1.82) is 0 Å². The quantitative estimate of drug-likeness (QED) is 0.119. The number of benzene rings is 2. The largest absolute Gasteiger partial charge is 0.457 e. The van der Waals surface area contributed by atoms with Crippen LogP contribution in [-0.2, 0) is 22.8 Å². The Morgan fingerprint density at radius 1 is 1.17 bits per heavy atom. The first-order valence-corrected chi connectivity index (χ1v) is 11.9. The second kappa shape index (κ2) is 11.6. The van der Waals surface area contributed by atoms with Crippen molar-refractivity contribution in [2.24, 2.45) is 5.73 Å². The summed E-state index contributed by atoms with van der Waals surface area (Å²) >= 11 is 1.43. The van der Waals surface area contributed by atoms with E-state index >= 15 is 0 Å². The van der Waals surface area contributed by atoms with Crippen molar-refractivity contribution in [2.45, 2.75) is 25.4 Å². The first kappa shape index (κ1) is 25.0. The van der Waals surface area contributed by atoms with Gasteiger partial charge in [-0.1, -0.05) is 36.4 Å². The molecule has 0 fully saturated rings. The molecule has 0 unspecified atom stereocenters. The molecule has 0 spiro atoms. The van der Waals surface area contributed by atoms with Gasteiger partial charge < -0.3 is 25.7 Å². The summed E-state index contributed by atoms with van der Waals surface area (Å²) in [6.07, 6.45) is 2.31. The van der Waals surface area contributed by atoms with E-state index in [1.807, 2.05) is 42.5 Å². The molecule has 0 aliphatic rings. The van der Waals surface area contributed by atoms with Gasteiger partial charge in [0.1, 0.15) is 19.4 Å². The van der Waals surface area contributed by atoms with E-state index in [9.17, 15) is 20.0 Å². The zero-order valence-corrected chi connectivity index (χ0v) is 19.9. The maximum atomic E-state index is 12.6. The zero-order chi connectivity index (χ0) is 25.5. The van der Waals surface area contributed by atoms with Crippen LogP contribution in [0.25, 0.3) is 10.1 Å². The first-order chi connectivity index (χ1) is 17.4. The number of thiophene rings is 1. The number of esters is 1. The summed E-state index contributed by atoms with van der Waals surface area (Å²) in [5, 5.41) is 25.7. The van der Waals surface area contributed by atoms with Crippen LogP contribution in [-0.4, -0.2) is 33.9 Å². The molecular formula is C25H24N4O6S. The van der Waals surface area contributed by atoms with Gasteiger partial charge in [0.25, 0.3) is 5.09 Å². The lowest BCUT2D eigenvalue weighted by atomic mass is 9.91. The van der Waals surface area contributed by atoms with Crippen LogP contribution in [0, 0.1) is 10.1 Å². The lowest BCUT2D eigenvalue weighted by Gasteiger charge is -2.25. The molecule has 11 heteroatoms. The van der Waals surface area contributed by atoms with Crippen LogP contribution in [0.1, 0.15) is 33.0 Å². The van der Waals surface area contributed by atoms with E-state index in [2.05, 4.69) is 15.1 Å². The van der Waals surface area contributed by atoms with E-state index in [-0.39, 0.29) is 18.7 Å². The Balaban J connectivity index is 1.55. The number of rotatable bonds is 11. The summed E-state index contributed by atoms with van der Waals surface area (Å²) < 4.78 is 6.33. The van der Waals surface area contributed by atoms with Gasteiger partial charge in [-0.05, 0) is 46.3 Å². The predicted octanol–water partition coefficient (Wildman–Crippen LogP) is 3.83. The number of carbonyl (C=O) groups excluding carboxylic acids is 1. The highest BCUT2D eigenvalue weighted by Gasteiger charge is 2.25. The molecule has 4 aromatic rings. The van der Waals surface area contributed by atoms with Gasteiger partial charge in [0.2, 0.25) is 0 Å². The maximum absolute atomic E-state index is 12.6. The second-order valence-electron chi connectivity index (χ2n) is 7.93. The minimum atomic E-state index is -1.11. The van der Waals surface area contributed by atoms with Crippen LogP contribution >= 0.6 is 11.3 Å². The molecule has 2 aromatic carbocycles. The zero-order valence-electron chi connectivity index (χ0n) is 19.1. The Labute approximate surface area is 210 Å². The number of nitrogens with two attached hydrogens (primary N) is 1. The van der Waals surface area contributed by atoms with Crippen molar-refractivity contribution in [1.82, 2.24) is 4.98 Å². The second-order valence-corrected chi connectivity index (χ2v) is 9.01. The van der Waals surface area contributed by atoms with E-state index in [4.69, 9.17) is 10.5 Å². The Hall–Kier alpha value is -4.06. The highest BCUT2D eigenvalue weighted by atomic mass is 32.1. The molecule has 0 saturated heterocycles. The normalized spacial score (nSPS) is 12.6. The number of aromatic nitrogens is 1. The lowest BCUT2D eigenvalue weighted by molar-refractivity contribution is -0.763.